The van der Waals surface area contributed by atoms with Crippen molar-refractivity contribution in [2.75, 3.05) is 31.2 Å². The second-order valence-electron chi connectivity index (χ2n) is 8.50. The molecule has 1 unspecified atom stereocenters. The normalized spacial score (nSPS) is 16.4. The lowest BCUT2D eigenvalue weighted by atomic mass is 10.1. The van der Waals surface area contributed by atoms with Crippen molar-refractivity contribution in [3.05, 3.63) is 42.6 Å². The number of fused-ring (bicyclic) bond motifs is 1. The van der Waals surface area contributed by atoms with Gasteiger partial charge in [-0.05, 0) is 55.2 Å². The fourth-order valence-corrected chi connectivity index (χ4v) is 3.81. The molecule has 0 radical (unpaired) electrons. The van der Waals surface area contributed by atoms with Gasteiger partial charge in [-0.2, -0.15) is 0 Å². The number of primary amides is 1. The number of hydrogen-bond donors (Lipinski definition) is 2. The summed E-state index contributed by atoms with van der Waals surface area (Å²) in [6, 6.07) is 12.3. The zero-order chi connectivity index (χ0) is 21.8. The van der Waals surface area contributed by atoms with Gasteiger partial charge < -0.3 is 25.1 Å². The van der Waals surface area contributed by atoms with Gasteiger partial charge in [-0.3, -0.25) is 9.78 Å². The summed E-state index contributed by atoms with van der Waals surface area (Å²) in [6.45, 7) is 6.70. The van der Waals surface area contributed by atoms with E-state index < -0.39 is 5.91 Å². The van der Waals surface area contributed by atoms with Gasteiger partial charge in [-0.1, -0.05) is 13.8 Å². The second kappa shape index (κ2) is 9.39. The number of amides is 1. The molecule has 3 heterocycles. The Morgan fingerprint density at radius 2 is 2.16 bits per heavy atom. The number of aromatic amines is 1. The molecule has 164 valence electrons. The number of pyridine rings is 1. The molecule has 1 saturated heterocycles. The lowest BCUT2D eigenvalue weighted by Crippen LogP contribution is -2.26. The van der Waals surface area contributed by atoms with Gasteiger partial charge in [0, 0.05) is 35.9 Å². The standard InChI is InChI=1S/C24H30N4O3/c1-16(2)7-10-30-19-3-4-21-17(11-19)12-23(27-21)22-13-18(5-8-26-22)28-9-6-20(14-28)31-15-24(25)29/h3-5,8,11-13,16,20,27H,6-7,9-10,14-15H2,1-2H3,(H2,25,29). The lowest BCUT2D eigenvalue weighted by Gasteiger charge is -2.19. The highest BCUT2D eigenvalue weighted by atomic mass is 16.5. The Bertz CT molecular complexity index is 1050. The molecule has 0 aliphatic carbocycles. The quantitative estimate of drug-likeness (QED) is 0.548. The van der Waals surface area contributed by atoms with Crippen molar-refractivity contribution < 1.29 is 14.3 Å². The topological polar surface area (TPSA) is 93.5 Å². The van der Waals surface area contributed by atoms with E-state index in [0.717, 1.165) is 66.3 Å². The van der Waals surface area contributed by atoms with Crippen LogP contribution in [0.15, 0.2) is 42.6 Å². The molecule has 1 fully saturated rings. The number of carbonyl (C=O) groups excluding carboxylic acids is 1. The number of ether oxygens (including phenoxy) is 2. The van der Waals surface area contributed by atoms with Crippen molar-refractivity contribution in [1.82, 2.24) is 9.97 Å². The third kappa shape index (κ3) is 5.35. The number of aromatic nitrogens is 2. The largest absolute Gasteiger partial charge is 0.494 e. The number of hydrogen-bond acceptors (Lipinski definition) is 5. The van der Waals surface area contributed by atoms with E-state index in [1.807, 2.05) is 18.3 Å². The van der Waals surface area contributed by atoms with Crippen LogP contribution < -0.4 is 15.4 Å². The van der Waals surface area contributed by atoms with Crippen LogP contribution in [0, 0.1) is 5.92 Å². The first-order chi connectivity index (χ1) is 15.0. The minimum Gasteiger partial charge on any atom is -0.494 e. The van der Waals surface area contributed by atoms with Gasteiger partial charge in [0.15, 0.2) is 0 Å². The second-order valence-corrected chi connectivity index (χ2v) is 8.50. The van der Waals surface area contributed by atoms with Gasteiger partial charge in [-0.25, -0.2) is 0 Å². The van der Waals surface area contributed by atoms with Crippen molar-refractivity contribution in [3.63, 3.8) is 0 Å². The monoisotopic (exact) mass is 422 g/mol. The molecule has 4 rings (SSSR count). The number of carbonyl (C=O) groups is 1. The molecule has 2 aromatic heterocycles. The van der Waals surface area contributed by atoms with Crippen molar-refractivity contribution in [2.24, 2.45) is 11.7 Å². The van der Waals surface area contributed by atoms with Crippen molar-refractivity contribution in [3.8, 4) is 17.1 Å². The highest BCUT2D eigenvalue weighted by Gasteiger charge is 2.24. The van der Waals surface area contributed by atoms with E-state index in [9.17, 15) is 4.79 Å². The molecule has 1 atom stereocenters. The van der Waals surface area contributed by atoms with Crippen LogP contribution in [-0.2, 0) is 9.53 Å². The number of anilines is 1. The van der Waals surface area contributed by atoms with E-state index in [0.29, 0.717) is 5.92 Å². The highest BCUT2D eigenvalue weighted by Crippen LogP contribution is 2.29. The summed E-state index contributed by atoms with van der Waals surface area (Å²) in [5, 5.41) is 1.10. The van der Waals surface area contributed by atoms with E-state index in [1.165, 1.54) is 0 Å². The summed E-state index contributed by atoms with van der Waals surface area (Å²) < 4.78 is 11.5. The minimum atomic E-state index is -0.433. The molecule has 0 spiro atoms. The van der Waals surface area contributed by atoms with E-state index in [2.05, 4.69) is 53.0 Å². The maximum absolute atomic E-state index is 10.9. The first-order valence-corrected chi connectivity index (χ1v) is 10.8. The predicted octanol–water partition coefficient (Wildman–Crippen LogP) is 3.74. The molecule has 7 nitrogen and oxygen atoms in total. The molecule has 0 bridgehead atoms. The van der Waals surface area contributed by atoms with Gasteiger partial charge in [0.1, 0.15) is 12.4 Å². The van der Waals surface area contributed by atoms with Gasteiger partial charge >= 0.3 is 0 Å². The summed E-state index contributed by atoms with van der Waals surface area (Å²) in [5.74, 6) is 1.08. The summed E-state index contributed by atoms with van der Waals surface area (Å²) in [7, 11) is 0. The molecule has 31 heavy (non-hydrogen) atoms. The Balaban J connectivity index is 1.46. The van der Waals surface area contributed by atoms with Crippen LogP contribution in [0.4, 0.5) is 5.69 Å². The lowest BCUT2D eigenvalue weighted by molar-refractivity contribution is -0.124. The van der Waals surface area contributed by atoms with E-state index in [-0.39, 0.29) is 12.7 Å². The zero-order valence-corrected chi connectivity index (χ0v) is 18.1. The molecule has 0 saturated carbocycles. The van der Waals surface area contributed by atoms with Crippen LogP contribution in [0.3, 0.4) is 0 Å². The summed E-state index contributed by atoms with van der Waals surface area (Å²) >= 11 is 0. The Hall–Kier alpha value is -3.06. The van der Waals surface area contributed by atoms with E-state index >= 15 is 0 Å². The van der Waals surface area contributed by atoms with Crippen molar-refractivity contribution in [2.45, 2.75) is 32.8 Å². The van der Waals surface area contributed by atoms with Gasteiger partial charge in [0.2, 0.25) is 5.91 Å². The summed E-state index contributed by atoms with van der Waals surface area (Å²) in [6.07, 6.45) is 3.76. The zero-order valence-electron chi connectivity index (χ0n) is 18.1. The van der Waals surface area contributed by atoms with Gasteiger partial charge in [0.05, 0.1) is 24.1 Å². The maximum atomic E-state index is 10.9. The van der Waals surface area contributed by atoms with Gasteiger partial charge in [-0.15, -0.1) is 0 Å². The summed E-state index contributed by atoms with van der Waals surface area (Å²) in [4.78, 5) is 21.2. The first-order valence-electron chi connectivity index (χ1n) is 10.8. The van der Waals surface area contributed by atoms with Crippen LogP contribution in [-0.4, -0.2) is 48.3 Å². The average Bonchev–Trinajstić information content (AvgIpc) is 3.39. The molecule has 1 aliphatic rings. The highest BCUT2D eigenvalue weighted by molar-refractivity contribution is 5.86. The smallest absolute Gasteiger partial charge is 0.243 e. The third-order valence-electron chi connectivity index (χ3n) is 5.55. The average molecular weight is 423 g/mol. The molecule has 3 N–H and O–H groups in total. The van der Waals surface area contributed by atoms with Crippen LogP contribution in [0.1, 0.15) is 26.7 Å². The number of rotatable bonds is 9. The molecule has 1 aromatic carbocycles. The van der Waals surface area contributed by atoms with E-state index in [4.69, 9.17) is 15.2 Å². The Kier molecular flexibility index (Phi) is 6.42. The first kappa shape index (κ1) is 21.2. The maximum Gasteiger partial charge on any atom is 0.243 e. The Morgan fingerprint density at radius 3 is 2.97 bits per heavy atom. The van der Waals surface area contributed by atoms with E-state index in [1.54, 1.807) is 0 Å². The number of nitrogens with one attached hydrogen (secondary N) is 1. The Morgan fingerprint density at radius 1 is 1.29 bits per heavy atom. The fraction of sp³-hybridized carbons (Fsp3) is 0.417. The molecule has 7 heteroatoms. The van der Waals surface area contributed by atoms with Crippen molar-refractivity contribution in [1.29, 1.82) is 0 Å². The predicted molar refractivity (Wildman–Crippen MR) is 122 cm³/mol. The molecule has 1 aliphatic heterocycles. The van der Waals surface area contributed by atoms with Crippen LogP contribution in [0.25, 0.3) is 22.3 Å². The number of H-pyrrole nitrogens is 1. The van der Waals surface area contributed by atoms with Crippen LogP contribution in [0.5, 0.6) is 5.75 Å². The molecular weight excluding hydrogens is 392 g/mol. The number of nitrogens with two attached hydrogens (primary N) is 1. The third-order valence-corrected chi connectivity index (χ3v) is 5.55. The SMILES string of the molecule is CC(C)CCOc1ccc2[nH]c(-c3cc(N4CCC(OCC(N)=O)C4)ccn3)cc2c1. The van der Waals surface area contributed by atoms with Gasteiger partial charge in [0.25, 0.3) is 0 Å². The minimum absolute atomic E-state index is 0.0197. The number of nitrogens with zero attached hydrogens (tertiary/aromatic N) is 2. The molecular formula is C24H30N4O3. The van der Waals surface area contributed by atoms with Crippen LogP contribution >= 0.6 is 0 Å². The van der Waals surface area contributed by atoms with Crippen LogP contribution in [0.2, 0.25) is 0 Å². The molecule has 1 amide bonds. The summed E-state index contributed by atoms with van der Waals surface area (Å²) in [5.41, 5.74) is 9.18. The fourth-order valence-electron chi connectivity index (χ4n) is 3.81. The Labute approximate surface area is 182 Å². The van der Waals surface area contributed by atoms with Crippen molar-refractivity contribution >= 4 is 22.5 Å². The number of benzene rings is 1. The molecule has 3 aromatic rings.